The van der Waals surface area contributed by atoms with Gasteiger partial charge in [0.25, 0.3) is 0 Å². The van der Waals surface area contributed by atoms with E-state index in [1.807, 2.05) is 61.4 Å². The first-order valence-electron chi connectivity index (χ1n) is 10.1. The van der Waals surface area contributed by atoms with Crippen LogP contribution in [0.1, 0.15) is 0 Å². The normalized spacial score (nSPS) is 11.7. The van der Waals surface area contributed by atoms with E-state index in [9.17, 15) is 18.0 Å². The zero-order valence-corrected chi connectivity index (χ0v) is 19.6. The van der Waals surface area contributed by atoms with Crippen molar-refractivity contribution in [1.29, 1.82) is 0 Å². The summed E-state index contributed by atoms with van der Waals surface area (Å²) in [5, 5.41) is 3.06. The van der Waals surface area contributed by atoms with Crippen LogP contribution in [0.4, 0.5) is 18.9 Å². The van der Waals surface area contributed by atoms with E-state index in [4.69, 9.17) is 17.4 Å². The number of halogens is 3. The molecule has 0 aliphatic carbocycles. The quantitative estimate of drug-likeness (QED) is 0.103. The average molecular weight is 507 g/mol. The van der Waals surface area contributed by atoms with Gasteiger partial charge in [0.15, 0.2) is 22.5 Å². The number of benzene rings is 2. The molecule has 4 rings (SSSR count). The molecule has 0 N–H and O–H groups in total. The third-order valence-corrected chi connectivity index (χ3v) is 5.66. The molecule has 2 heterocycles. The Bertz CT molecular complexity index is 1550. The highest BCUT2D eigenvalue weighted by molar-refractivity contribution is 7.86. The van der Waals surface area contributed by atoms with Crippen molar-refractivity contribution in [2.45, 2.75) is 5.51 Å². The molecule has 0 bridgehead atoms. The van der Waals surface area contributed by atoms with Crippen LogP contribution in [0.5, 0.6) is 0 Å². The molecular weight excluding hydrogens is 485 g/mol. The zero-order chi connectivity index (χ0) is 26.0. The van der Waals surface area contributed by atoms with Gasteiger partial charge in [0.2, 0.25) is 0 Å². The minimum atomic E-state index is -6.09. The van der Waals surface area contributed by atoms with Gasteiger partial charge in [-0.3, -0.25) is 0 Å². The van der Waals surface area contributed by atoms with Crippen LogP contribution in [0.3, 0.4) is 0 Å². The third-order valence-electron chi connectivity index (χ3n) is 5.09. The fourth-order valence-electron chi connectivity index (χ4n) is 3.27. The van der Waals surface area contributed by atoms with Gasteiger partial charge < -0.3 is 13.9 Å². The highest BCUT2D eigenvalue weighted by Gasteiger charge is 2.36. The highest BCUT2D eigenvalue weighted by atomic mass is 32.2. The first kappa shape index (κ1) is 25.9. The molecule has 4 aromatic rings. The molecule has 0 amide bonds. The lowest BCUT2D eigenvalue weighted by Crippen LogP contribution is -2.25. The predicted molar refractivity (Wildman–Crippen MR) is 126 cm³/mol. The van der Waals surface area contributed by atoms with Crippen molar-refractivity contribution in [2.75, 3.05) is 18.5 Å². The molecule has 0 saturated heterocycles. The van der Waals surface area contributed by atoms with Gasteiger partial charge in [-0.2, -0.15) is 13.2 Å². The second-order valence-electron chi connectivity index (χ2n) is 7.69. The van der Waals surface area contributed by atoms with Crippen LogP contribution in [0.25, 0.3) is 32.9 Å². The van der Waals surface area contributed by atoms with Crippen molar-refractivity contribution in [1.82, 2.24) is 0 Å². The molecular formula is C24H21F3N2O5S. The smallest absolute Gasteiger partial charge is 0.485 e. The van der Waals surface area contributed by atoms with E-state index in [-0.39, 0.29) is 5.63 Å². The molecule has 7 nitrogen and oxygen atoms in total. The van der Waals surface area contributed by atoms with Crippen LogP contribution in [0.15, 0.2) is 82.8 Å². The SMILES string of the molecule is C=CCN(C)c1ccc2cc3cc(-c4cc[n+](C)cc4)c(=O)oc3cc2c1.O=S(=O)([O-])C(F)(F)F. The monoisotopic (exact) mass is 506 g/mol. The number of alkyl halides is 3. The first-order chi connectivity index (χ1) is 16.3. The van der Waals surface area contributed by atoms with Crippen LogP contribution >= 0.6 is 0 Å². The van der Waals surface area contributed by atoms with Gasteiger partial charge in [0.05, 0.1) is 5.56 Å². The standard InChI is InChI=1S/C23H21N2O2.CHF3O3S/c1-4-9-25(3)20-6-5-17-12-19-14-21(16-7-10-24(2)11-8-16)23(26)27-22(19)15-18(17)13-20;2-1(3,4)8(5,6)7/h4-8,10-15H,1,9H2,2-3H3;(H,5,6,7)/q+1;/p-1. The maximum atomic E-state index is 12.5. The Kier molecular flexibility index (Phi) is 7.32. The van der Waals surface area contributed by atoms with Gasteiger partial charge in [-0.15, -0.1) is 6.58 Å². The van der Waals surface area contributed by atoms with Crippen molar-refractivity contribution in [2.24, 2.45) is 7.05 Å². The van der Waals surface area contributed by atoms with Gasteiger partial charge in [0, 0.05) is 42.4 Å². The number of hydrogen-bond acceptors (Lipinski definition) is 6. The molecule has 11 heteroatoms. The highest BCUT2D eigenvalue weighted by Crippen LogP contribution is 2.28. The second kappa shape index (κ2) is 9.88. The molecule has 2 aromatic carbocycles. The Morgan fingerprint density at radius 1 is 1.06 bits per heavy atom. The minimum absolute atomic E-state index is 0.323. The van der Waals surface area contributed by atoms with E-state index in [0.29, 0.717) is 11.1 Å². The van der Waals surface area contributed by atoms with Crippen molar-refractivity contribution < 1.29 is 35.1 Å². The van der Waals surface area contributed by atoms with Crippen LogP contribution in [0.2, 0.25) is 0 Å². The summed E-state index contributed by atoms with van der Waals surface area (Å²) in [6.45, 7) is 4.55. The van der Waals surface area contributed by atoms with Crippen LogP contribution in [-0.2, 0) is 17.2 Å². The Balaban J connectivity index is 0.000000371. The summed E-state index contributed by atoms with van der Waals surface area (Å²) in [5.74, 6) is 0. The lowest BCUT2D eigenvalue weighted by Gasteiger charge is -2.17. The van der Waals surface area contributed by atoms with E-state index in [1.54, 1.807) is 0 Å². The minimum Gasteiger partial charge on any atom is -0.741 e. The zero-order valence-electron chi connectivity index (χ0n) is 18.7. The van der Waals surface area contributed by atoms with Crippen LogP contribution < -0.4 is 15.1 Å². The lowest BCUT2D eigenvalue weighted by atomic mass is 10.0. The summed E-state index contributed by atoms with van der Waals surface area (Å²) in [6.07, 6.45) is 5.70. The molecule has 0 radical (unpaired) electrons. The molecule has 0 unspecified atom stereocenters. The van der Waals surface area contributed by atoms with Crippen molar-refractivity contribution >= 4 is 37.5 Å². The number of aromatic nitrogens is 1. The summed E-state index contributed by atoms with van der Waals surface area (Å²) in [5.41, 5.74) is -2.85. The fourth-order valence-corrected chi connectivity index (χ4v) is 3.27. The Hall–Kier alpha value is -3.70. The molecule has 0 aliphatic rings. The third kappa shape index (κ3) is 6.06. The van der Waals surface area contributed by atoms with E-state index in [2.05, 4.69) is 35.7 Å². The summed E-state index contributed by atoms with van der Waals surface area (Å²) < 4.78 is 66.5. The molecule has 0 aliphatic heterocycles. The van der Waals surface area contributed by atoms with E-state index in [0.717, 1.165) is 34.0 Å². The van der Waals surface area contributed by atoms with Gasteiger partial charge in [-0.25, -0.2) is 17.8 Å². The lowest BCUT2D eigenvalue weighted by molar-refractivity contribution is -0.671. The summed E-state index contributed by atoms with van der Waals surface area (Å²) in [7, 11) is -2.12. The number of nitrogens with zero attached hydrogens (tertiary/aromatic N) is 2. The van der Waals surface area contributed by atoms with E-state index < -0.39 is 15.6 Å². The molecule has 2 aromatic heterocycles. The van der Waals surface area contributed by atoms with E-state index in [1.165, 1.54) is 0 Å². The molecule has 0 atom stereocenters. The number of pyridine rings is 1. The Morgan fingerprint density at radius 3 is 2.26 bits per heavy atom. The summed E-state index contributed by atoms with van der Waals surface area (Å²) >= 11 is 0. The van der Waals surface area contributed by atoms with Crippen LogP contribution in [-0.4, -0.2) is 32.1 Å². The maximum absolute atomic E-state index is 12.5. The number of likely N-dealkylation sites (N-methyl/N-ethyl adjacent to an activating group) is 1. The largest absolute Gasteiger partial charge is 0.741 e. The number of hydrogen-bond donors (Lipinski definition) is 0. The predicted octanol–water partition coefficient (Wildman–Crippen LogP) is 4.11. The Labute approximate surface area is 199 Å². The van der Waals surface area contributed by atoms with E-state index >= 15 is 0 Å². The first-order valence-corrected chi connectivity index (χ1v) is 11.5. The molecule has 0 fully saturated rings. The average Bonchev–Trinajstić information content (AvgIpc) is 2.77. The molecule has 0 spiro atoms. The number of rotatable bonds is 4. The molecule has 0 saturated carbocycles. The number of anilines is 1. The maximum Gasteiger partial charge on any atom is 0.485 e. The van der Waals surface area contributed by atoms with Crippen molar-refractivity contribution in [3.63, 3.8) is 0 Å². The number of fused-ring (bicyclic) bond motifs is 2. The Morgan fingerprint density at radius 2 is 1.69 bits per heavy atom. The molecule has 184 valence electrons. The van der Waals surface area contributed by atoms with Crippen LogP contribution in [0, 0.1) is 0 Å². The molecule has 35 heavy (non-hydrogen) atoms. The van der Waals surface area contributed by atoms with Gasteiger partial charge in [0.1, 0.15) is 12.6 Å². The second-order valence-corrected chi connectivity index (χ2v) is 9.06. The van der Waals surface area contributed by atoms with Crippen molar-refractivity contribution in [3.05, 3.63) is 84.0 Å². The van der Waals surface area contributed by atoms with Gasteiger partial charge >= 0.3 is 11.1 Å². The topological polar surface area (TPSA) is 94.5 Å². The van der Waals surface area contributed by atoms with Crippen molar-refractivity contribution in [3.8, 4) is 11.1 Å². The summed E-state index contributed by atoms with van der Waals surface area (Å²) in [6, 6.07) is 16.0. The fraction of sp³-hybridized carbons (Fsp3) is 0.167. The summed E-state index contributed by atoms with van der Waals surface area (Å²) in [4.78, 5) is 14.6. The number of aryl methyl sites for hydroxylation is 1. The van der Waals surface area contributed by atoms with Gasteiger partial charge in [-0.1, -0.05) is 12.1 Å². The van der Waals surface area contributed by atoms with Gasteiger partial charge in [-0.05, 0) is 41.1 Å².